The summed E-state index contributed by atoms with van der Waals surface area (Å²) in [7, 11) is 1.39. The molecule has 0 aromatic heterocycles. The smallest absolute Gasteiger partial charge is 0.330 e. The second kappa shape index (κ2) is 5.41. The third-order valence-corrected chi connectivity index (χ3v) is 3.90. The molecule has 0 aromatic rings. The molecule has 1 aliphatic carbocycles. The van der Waals surface area contributed by atoms with Crippen LogP contribution in [0.4, 0.5) is 0 Å². The molecule has 0 unspecified atom stereocenters. The minimum absolute atomic E-state index is 0.118. The summed E-state index contributed by atoms with van der Waals surface area (Å²) in [5.74, 6) is -0.821. The maximum atomic E-state index is 11.2. The molecule has 102 valence electrons. The highest BCUT2D eigenvalue weighted by molar-refractivity contribution is 5.82. The summed E-state index contributed by atoms with van der Waals surface area (Å²) in [5, 5.41) is 0. The molecule has 2 rings (SSSR count). The first-order valence-electron chi connectivity index (χ1n) is 6.73. The zero-order valence-electron chi connectivity index (χ0n) is 11.2. The Morgan fingerprint density at radius 3 is 2.50 bits per heavy atom. The van der Waals surface area contributed by atoms with Crippen LogP contribution in [0.25, 0.3) is 0 Å². The van der Waals surface area contributed by atoms with E-state index < -0.39 is 5.79 Å². The Bertz CT molecular complexity index is 325. The maximum absolute atomic E-state index is 11.2. The molecule has 1 saturated heterocycles. The molecule has 0 radical (unpaired) electrons. The SMILES string of the molecule is CCCCC1(C2(/C=C/C(=O)OC)CC2)OCCO1. The average molecular weight is 254 g/mol. The van der Waals surface area contributed by atoms with Gasteiger partial charge in [-0.3, -0.25) is 0 Å². The number of carbonyl (C=O) groups excluding carboxylic acids is 1. The topological polar surface area (TPSA) is 44.8 Å². The highest BCUT2D eigenvalue weighted by Crippen LogP contribution is 2.60. The number of unbranched alkanes of at least 4 members (excludes halogenated alkanes) is 1. The van der Waals surface area contributed by atoms with Gasteiger partial charge in [0.05, 0.1) is 20.3 Å². The van der Waals surface area contributed by atoms with Crippen molar-refractivity contribution in [2.75, 3.05) is 20.3 Å². The third-order valence-electron chi connectivity index (χ3n) is 3.90. The van der Waals surface area contributed by atoms with Crippen LogP contribution in [-0.4, -0.2) is 32.1 Å². The van der Waals surface area contributed by atoms with Crippen LogP contribution in [0.1, 0.15) is 39.0 Å². The molecule has 0 spiro atoms. The van der Waals surface area contributed by atoms with Crippen molar-refractivity contribution in [3.05, 3.63) is 12.2 Å². The van der Waals surface area contributed by atoms with Crippen LogP contribution in [0.3, 0.4) is 0 Å². The molecule has 1 aliphatic heterocycles. The second-order valence-electron chi connectivity index (χ2n) is 5.07. The Hall–Kier alpha value is -0.870. The average Bonchev–Trinajstić information content (AvgIpc) is 3.05. The summed E-state index contributed by atoms with van der Waals surface area (Å²) in [5.41, 5.74) is -0.118. The van der Waals surface area contributed by atoms with Gasteiger partial charge in [0.25, 0.3) is 0 Å². The van der Waals surface area contributed by atoms with Crippen LogP contribution < -0.4 is 0 Å². The van der Waals surface area contributed by atoms with E-state index in [4.69, 9.17) is 9.47 Å². The van der Waals surface area contributed by atoms with Gasteiger partial charge >= 0.3 is 5.97 Å². The van der Waals surface area contributed by atoms with E-state index in [0.29, 0.717) is 13.2 Å². The predicted octanol–water partition coefficient (Wildman–Crippen LogP) is 2.43. The van der Waals surface area contributed by atoms with E-state index in [9.17, 15) is 4.79 Å². The van der Waals surface area contributed by atoms with Crippen LogP contribution in [0.15, 0.2) is 12.2 Å². The zero-order valence-corrected chi connectivity index (χ0v) is 11.2. The number of methoxy groups -OCH3 is 1. The molecule has 0 atom stereocenters. The Morgan fingerprint density at radius 1 is 1.33 bits per heavy atom. The van der Waals surface area contributed by atoms with Gasteiger partial charge in [0, 0.05) is 17.9 Å². The number of carbonyl (C=O) groups is 1. The Labute approximate surface area is 108 Å². The van der Waals surface area contributed by atoms with E-state index in [-0.39, 0.29) is 11.4 Å². The highest BCUT2D eigenvalue weighted by atomic mass is 16.7. The van der Waals surface area contributed by atoms with Crippen molar-refractivity contribution in [1.82, 2.24) is 0 Å². The molecule has 0 N–H and O–H groups in total. The van der Waals surface area contributed by atoms with Crippen LogP contribution >= 0.6 is 0 Å². The summed E-state index contributed by atoms with van der Waals surface area (Å²) in [4.78, 5) is 11.2. The maximum Gasteiger partial charge on any atom is 0.330 e. The molecular formula is C14H22O4. The highest BCUT2D eigenvalue weighted by Gasteiger charge is 2.61. The van der Waals surface area contributed by atoms with Gasteiger partial charge in [0.2, 0.25) is 0 Å². The number of esters is 1. The van der Waals surface area contributed by atoms with Gasteiger partial charge in [-0.1, -0.05) is 19.4 Å². The Balaban J connectivity index is 2.10. The Kier molecular flexibility index (Phi) is 4.07. The first kappa shape index (κ1) is 13.6. The van der Waals surface area contributed by atoms with Crippen molar-refractivity contribution in [2.45, 2.75) is 44.8 Å². The molecule has 1 heterocycles. The van der Waals surface area contributed by atoms with E-state index in [1.165, 1.54) is 13.2 Å². The van der Waals surface area contributed by atoms with Crippen molar-refractivity contribution in [1.29, 1.82) is 0 Å². The summed E-state index contributed by atoms with van der Waals surface area (Å²) in [6.45, 7) is 3.46. The molecule has 2 aliphatic rings. The van der Waals surface area contributed by atoms with Crippen LogP contribution in [-0.2, 0) is 19.0 Å². The molecule has 18 heavy (non-hydrogen) atoms. The fourth-order valence-electron chi connectivity index (χ4n) is 2.65. The van der Waals surface area contributed by atoms with E-state index in [1.807, 2.05) is 6.08 Å². The van der Waals surface area contributed by atoms with Gasteiger partial charge in [0.1, 0.15) is 0 Å². The number of ether oxygens (including phenoxy) is 3. The van der Waals surface area contributed by atoms with Crippen molar-refractivity contribution < 1.29 is 19.0 Å². The lowest BCUT2D eigenvalue weighted by molar-refractivity contribution is -0.199. The summed E-state index contributed by atoms with van der Waals surface area (Å²) < 4.78 is 16.5. The summed E-state index contributed by atoms with van der Waals surface area (Å²) in [6.07, 6.45) is 8.56. The second-order valence-corrected chi connectivity index (χ2v) is 5.07. The summed E-state index contributed by atoms with van der Waals surface area (Å²) in [6, 6.07) is 0. The molecular weight excluding hydrogens is 232 g/mol. The lowest BCUT2D eigenvalue weighted by atomic mass is 9.89. The first-order valence-corrected chi connectivity index (χ1v) is 6.73. The molecule has 4 nitrogen and oxygen atoms in total. The van der Waals surface area contributed by atoms with Gasteiger partial charge in [-0.15, -0.1) is 0 Å². The third kappa shape index (κ3) is 2.45. The molecule has 0 amide bonds. The normalized spacial score (nSPS) is 24.3. The van der Waals surface area contributed by atoms with Gasteiger partial charge < -0.3 is 14.2 Å². The van der Waals surface area contributed by atoms with E-state index in [0.717, 1.165) is 32.1 Å². The van der Waals surface area contributed by atoms with E-state index >= 15 is 0 Å². The minimum Gasteiger partial charge on any atom is -0.466 e. The zero-order chi connectivity index (χ0) is 13.1. The lowest BCUT2D eigenvalue weighted by Crippen LogP contribution is -2.40. The summed E-state index contributed by atoms with van der Waals surface area (Å²) >= 11 is 0. The first-order chi connectivity index (χ1) is 8.68. The molecule has 0 aromatic carbocycles. The largest absolute Gasteiger partial charge is 0.466 e. The minimum atomic E-state index is -0.506. The predicted molar refractivity (Wildman–Crippen MR) is 67.0 cm³/mol. The molecule has 2 fully saturated rings. The fraction of sp³-hybridized carbons (Fsp3) is 0.786. The van der Waals surface area contributed by atoms with Crippen molar-refractivity contribution in [2.24, 2.45) is 5.41 Å². The van der Waals surface area contributed by atoms with Crippen molar-refractivity contribution in [3.8, 4) is 0 Å². The van der Waals surface area contributed by atoms with Crippen LogP contribution in [0.5, 0.6) is 0 Å². The van der Waals surface area contributed by atoms with Crippen LogP contribution in [0.2, 0.25) is 0 Å². The monoisotopic (exact) mass is 254 g/mol. The molecule has 1 saturated carbocycles. The van der Waals surface area contributed by atoms with Crippen molar-refractivity contribution in [3.63, 3.8) is 0 Å². The fourth-order valence-corrected chi connectivity index (χ4v) is 2.65. The number of hydrogen-bond acceptors (Lipinski definition) is 4. The van der Waals surface area contributed by atoms with Crippen molar-refractivity contribution >= 4 is 5.97 Å². The number of hydrogen-bond donors (Lipinski definition) is 0. The Morgan fingerprint density at radius 2 is 2.00 bits per heavy atom. The standard InChI is InChI=1S/C14H22O4/c1-3-4-6-14(17-10-11-18-14)13(8-9-13)7-5-12(15)16-2/h5,7H,3-4,6,8-11H2,1-2H3/b7-5+. The van der Waals surface area contributed by atoms with Gasteiger partial charge in [-0.2, -0.15) is 0 Å². The molecule has 4 heteroatoms. The quantitative estimate of drug-likeness (QED) is 0.539. The van der Waals surface area contributed by atoms with Gasteiger partial charge in [0.15, 0.2) is 5.79 Å². The van der Waals surface area contributed by atoms with E-state index in [1.54, 1.807) is 0 Å². The number of rotatable bonds is 6. The lowest BCUT2D eigenvalue weighted by Gasteiger charge is -2.34. The van der Waals surface area contributed by atoms with Gasteiger partial charge in [-0.25, -0.2) is 4.79 Å². The van der Waals surface area contributed by atoms with Gasteiger partial charge in [-0.05, 0) is 19.3 Å². The molecule has 0 bridgehead atoms. The van der Waals surface area contributed by atoms with E-state index in [2.05, 4.69) is 11.7 Å². The van der Waals surface area contributed by atoms with Crippen LogP contribution in [0, 0.1) is 5.41 Å².